The van der Waals surface area contributed by atoms with Crippen molar-refractivity contribution in [1.29, 1.82) is 0 Å². The van der Waals surface area contributed by atoms with Crippen LogP contribution in [0.2, 0.25) is 0 Å². The van der Waals surface area contributed by atoms with Crippen molar-refractivity contribution >= 4 is 15.7 Å². The molecule has 2 heterocycles. The first-order valence-corrected chi connectivity index (χ1v) is 5.67. The molecule has 14 heavy (non-hydrogen) atoms. The third-order valence-corrected chi connectivity index (χ3v) is 4.08. The molecule has 5 unspecified atom stereocenters. The van der Waals surface area contributed by atoms with E-state index in [2.05, 4.69) is 21.7 Å². The highest BCUT2D eigenvalue weighted by Crippen LogP contribution is 2.51. The van der Waals surface area contributed by atoms with Crippen LogP contribution in [-0.4, -0.2) is 49.6 Å². The normalized spacial score (nSPS) is 52.8. The highest BCUT2D eigenvalue weighted by Gasteiger charge is 2.65. The number of hydroxylamine groups is 2. The molecule has 2 saturated heterocycles. The van der Waals surface area contributed by atoms with Crippen LogP contribution >= 0.6 is 0 Å². The molecule has 0 aliphatic carbocycles. The van der Waals surface area contributed by atoms with Crippen LogP contribution in [0.3, 0.4) is 0 Å². The minimum absolute atomic E-state index is 0.0358. The molecule has 5 heteroatoms. The maximum Gasteiger partial charge on any atom is 0.130 e. The number of fused-ring (bicyclic) bond motifs is 1. The Morgan fingerprint density at radius 3 is 2.64 bits per heavy atom. The van der Waals surface area contributed by atoms with E-state index >= 15 is 0 Å². The fraction of sp³-hybridized carbons (Fsp3) is 1.00. The standard InChI is InChI=1S/C9H19B2NO2/c1-3-4-5-7(10)12(13)8(11)6-9(5,2)14-6/h5-8,13H,3-4,10-11H2,1-2H3. The predicted molar refractivity (Wildman–Crippen MR) is 60.0 cm³/mol. The summed E-state index contributed by atoms with van der Waals surface area (Å²) in [6.45, 7) is 4.38. The lowest BCUT2D eigenvalue weighted by Crippen LogP contribution is -2.57. The number of piperidine rings is 1. The molecule has 78 valence electrons. The lowest BCUT2D eigenvalue weighted by atomic mass is 9.66. The van der Waals surface area contributed by atoms with E-state index in [-0.39, 0.29) is 23.6 Å². The Balaban J connectivity index is 2.16. The predicted octanol–water partition coefficient (Wildman–Crippen LogP) is -0.817. The second-order valence-corrected chi connectivity index (χ2v) is 4.98. The highest BCUT2D eigenvalue weighted by atomic mass is 16.6. The minimum atomic E-state index is 0.0358. The number of hydrogen-bond acceptors (Lipinski definition) is 3. The van der Waals surface area contributed by atoms with Gasteiger partial charge in [-0.2, -0.15) is 5.06 Å². The van der Waals surface area contributed by atoms with Crippen molar-refractivity contribution in [3.63, 3.8) is 0 Å². The molecule has 0 amide bonds. The summed E-state index contributed by atoms with van der Waals surface area (Å²) in [4.78, 5) is 0. The maximum atomic E-state index is 9.91. The van der Waals surface area contributed by atoms with E-state index in [1.807, 2.05) is 7.85 Å². The second kappa shape index (κ2) is 3.26. The van der Waals surface area contributed by atoms with E-state index in [0.717, 1.165) is 12.8 Å². The van der Waals surface area contributed by atoms with E-state index < -0.39 is 0 Å². The van der Waals surface area contributed by atoms with Gasteiger partial charge in [0.15, 0.2) is 0 Å². The van der Waals surface area contributed by atoms with Gasteiger partial charge in [0.25, 0.3) is 0 Å². The number of nitrogens with zero attached hydrogens (tertiary/aromatic N) is 1. The van der Waals surface area contributed by atoms with Crippen LogP contribution in [0, 0.1) is 5.92 Å². The van der Waals surface area contributed by atoms with Gasteiger partial charge in [-0.15, -0.1) is 0 Å². The van der Waals surface area contributed by atoms with Crippen molar-refractivity contribution in [2.24, 2.45) is 5.92 Å². The minimum Gasteiger partial charge on any atom is -0.365 e. The quantitative estimate of drug-likeness (QED) is 0.462. The summed E-state index contributed by atoms with van der Waals surface area (Å²) >= 11 is 0. The van der Waals surface area contributed by atoms with Gasteiger partial charge in [-0.1, -0.05) is 13.3 Å². The van der Waals surface area contributed by atoms with Gasteiger partial charge in [0.1, 0.15) is 15.7 Å². The molecule has 0 aromatic carbocycles. The molecule has 0 bridgehead atoms. The Bertz CT molecular complexity index is 239. The number of rotatable bonds is 2. The average Bonchev–Trinajstić information content (AvgIpc) is 2.83. The van der Waals surface area contributed by atoms with Gasteiger partial charge in [-0.3, -0.25) is 0 Å². The Morgan fingerprint density at radius 1 is 1.43 bits per heavy atom. The molecule has 3 nitrogen and oxygen atoms in total. The van der Waals surface area contributed by atoms with Crippen molar-refractivity contribution in [2.75, 3.05) is 0 Å². The monoisotopic (exact) mass is 195 g/mol. The molecular formula is C9H19B2NO2. The fourth-order valence-corrected chi connectivity index (χ4v) is 3.13. The molecule has 2 aliphatic rings. The van der Waals surface area contributed by atoms with E-state index in [4.69, 9.17) is 4.74 Å². The Hall–Kier alpha value is 0.00987. The van der Waals surface area contributed by atoms with Crippen molar-refractivity contribution in [1.82, 2.24) is 5.06 Å². The van der Waals surface area contributed by atoms with Crippen molar-refractivity contribution < 1.29 is 9.94 Å². The first kappa shape index (κ1) is 10.5. The summed E-state index contributed by atoms with van der Waals surface area (Å²) in [6, 6.07) is 0. The summed E-state index contributed by atoms with van der Waals surface area (Å²) in [7, 11) is 4.13. The molecule has 5 atom stereocenters. The number of ether oxygens (including phenoxy) is 1. The SMILES string of the molecule is BC1C(CCC)C2(C)OC2C(B)N1O. The van der Waals surface area contributed by atoms with Crippen LogP contribution in [0.4, 0.5) is 0 Å². The van der Waals surface area contributed by atoms with E-state index in [1.165, 1.54) is 5.06 Å². The van der Waals surface area contributed by atoms with Crippen molar-refractivity contribution in [3.05, 3.63) is 0 Å². The first-order chi connectivity index (χ1) is 6.52. The Morgan fingerprint density at radius 2 is 2.07 bits per heavy atom. The molecule has 0 saturated carbocycles. The van der Waals surface area contributed by atoms with Crippen molar-refractivity contribution in [2.45, 2.75) is 50.3 Å². The molecule has 2 rings (SSSR count). The summed E-state index contributed by atoms with van der Waals surface area (Å²) in [5.74, 6) is 0.829. The molecule has 0 aromatic heterocycles. The zero-order chi connectivity index (χ0) is 10.5. The van der Waals surface area contributed by atoms with Gasteiger partial charge in [-0.05, 0) is 13.3 Å². The molecule has 0 radical (unpaired) electrons. The zero-order valence-electron chi connectivity index (χ0n) is 9.53. The summed E-state index contributed by atoms with van der Waals surface area (Å²) in [6.07, 6.45) is 2.53. The second-order valence-electron chi connectivity index (χ2n) is 4.98. The Kier molecular flexibility index (Phi) is 2.45. The van der Waals surface area contributed by atoms with Crippen LogP contribution in [0.25, 0.3) is 0 Å². The molecule has 2 aliphatic heterocycles. The van der Waals surface area contributed by atoms with Gasteiger partial charge in [0.05, 0.1) is 11.7 Å². The maximum absolute atomic E-state index is 9.91. The third-order valence-electron chi connectivity index (χ3n) is 4.08. The zero-order valence-corrected chi connectivity index (χ0v) is 9.53. The molecular weight excluding hydrogens is 176 g/mol. The first-order valence-electron chi connectivity index (χ1n) is 5.67. The van der Waals surface area contributed by atoms with Crippen LogP contribution < -0.4 is 0 Å². The van der Waals surface area contributed by atoms with Gasteiger partial charge in [0, 0.05) is 17.8 Å². The van der Waals surface area contributed by atoms with Crippen LogP contribution in [0.15, 0.2) is 0 Å². The Labute approximate surface area is 87.6 Å². The summed E-state index contributed by atoms with van der Waals surface area (Å²) in [5.41, 5.74) is 0.0358. The lowest BCUT2D eigenvalue weighted by Gasteiger charge is -2.40. The third kappa shape index (κ3) is 1.26. The highest BCUT2D eigenvalue weighted by molar-refractivity contribution is 6.15. The smallest absolute Gasteiger partial charge is 0.130 e. The van der Waals surface area contributed by atoms with Crippen molar-refractivity contribution in [3.8, 4) is 0 Å². The van der Waals surface area contributed by atoms with Gasteiger partial charge >= 0.3 is 0 Å². The van der Waals surface area contributed by atoms with E-state index in [0.29, 0.717) is 5.92 Å². The van der Waals surface area contributed by atoms with E-state index in [9.17, 15) is 5.21 Å². The largest absolute Gasteiger partial charge is 0.365 e. The number of epoxide rings is 1. The van der Waals surface area contributed by atoms with Gasteiger partial charge in [0.2, 0.25) is 0 Å². The van der Waals surface area contributed by atoms with Gasteiger partial charge < -0.3 is 9.94 Å². The number of hydrogen-bond donors (Lipinski definition) is 1. The molecule has 0 spiro atoms. The average molecular weight is 195 g/mol. The molecule has 2 fully saturated rings. The van der Waals surface area contributed by atoms with Crippen LogP contribution in [0.5, 0.6) is 0 Å². The molecule has 1 N–H and O–H groups in total. The summed E-state index contributed by atoms with van der Waals surface area (Å²) in [5, 5.41) is 11.4. The topological polar surface area (TPSA) is 36.0 Å². The van der Waals surface area contributed by atoms with Crippen LogP contribution in [0.1, 0.15) is 26.7 Å². The lowest BCUT2D eigenvalue weighted by molar-refractivity contribution is -0.145. The van der Waals surface area contributed by atoms with Crippen LogP contribution in [-0.2, 0) is 4.74 Å². The fourth-order valence-electron chi connectivity index (χ4n) is 3.13. The van der Waals surface area contributed by atoms with E-state index in [1.54, 1.807) is 0 Å². The molecule has 0 aromatic rings. The summed E-state index contributed by atoms with van der Waals surface area (Å²) < 4.78 is 5.78. The van der Waals surface area contributed by atoms with Gasteiger partial charge in [-0.25, -0.2) is 0 Å².